The van der Waals surface area contributed by atoms with Crippen molar-refractivity contribution >= 4 is 23.3 Å². The Balaban J connectivity index is 1.85. The number of ether oxygens (including phenoxy) is 1. The third-order valence-corrected chi connectivity index (χ3v) is 4.20. The van der Waals surface area contributed by atoms with Crippen molar-refractivity contribution in [3.63, 3.8) is 0 Å². The molecule has 1 heterocycles. The number of halogens is 1. The van der Waals surface area contributed by atoms with E-state index >= 15 is 0 Å². The second-order valence-electron chi connectivity index (χ2n) is 5.68. The zero-order valence-electron chi connectivity index (χ0n) is 14.4. The summed E-state index contributed by atoms with van der Waals surface area (Å²) in [7, 11) is 3.44. The number of hydrogen-bond acceptors (Lipinski definition) is 3. The van der Waals surface area contributed by atoms with Crippen molar-refractivity contribution in [3.05, 3.63) is 77.3 Å². The molecule has 0 fully saturated rings. The minimum Gasteiger partial charge on any atom is -0.495 e. The summed E-state index contributed by atoms with van der Waals surface area (Å²) in [5, 5.41) is 6.41. The number of hydrogen-bond donors (Lipinski definition) is 2. The number of aromatic nitrogens is 2. The van der Waals surface area contributed by atoms with Crippen molar-refractivity contribution in [2.75, 3.05) is 12.4 Å². The van der Waals surface area contributed by atoms with Crippen LogP contribution >= 0.6 is 11.6 Å². The number of carbonyl (C=O) groups excluding carboxylic acids is 1. The van der Waals surface area contributed by atoms with Gasteiger partial charge < -0.3 is 19.9 Å². The smallest absolute Gasteiger partial charge is 0.320 e. The summed E-state index contributed by atoms with van der Waals surface area (Å²) in [6, 6.07) is 13.7. The molecule has 3 rings (SSSR count). The summed E-state index contributed by atoms with van der Waals surface area (Å²) in [5.41, 5.74) is 1.46. The molecule has 3 aromatic rings. The highest BCUT2D eigenvalue weighted by Gasteiger charge is 2.21. The van der Waals surface area contributed by atoms with Crippen molar-refractivity contribution in [2.45, 2.75) is 6.04 Å². The number of anilines is 1. The topological polar surface area (TPSA) is 68.2 Å². The fourth-order valence-corrected chi connectivity index (χ4v) is 2.77. The van der Waals surface area contributed by atoms with E-state index in [4.69, 9.17) is 16.3 Å². The molecule has 1 atom stereocenters. The lowest BCUT2D eigenvalue weighted by Crippen LogP contribution is -2.34. The van der Waals surface area contributed by atoms with E-state index in [0.29, 0.717) is 22.3 Å². The number of aryl methyl sites for hydroxylation is 1. The number of para-hydroxylation sites is 2. The summed E-state index contributed by atoms with van der Waals surface area (Å²) in [6.45, 7) is 0. The lowest BCUT2D eigenvalue weighted by molar-refractivity contribution is 0.249. The first kappa shape index (κ1) is 17.8. The second-order valence-corrected chi connectivity index (χ2v) is 6.12. The van der Waals surface area contributed by atoms with Crippen molar-refractivity contribution in [1.29, 1.82) is 0 Å². The molecular weight excluding hydrogens is 352 g/mol. The van der Waals surface area contributed by atoms with Gasteiger partial charge in [0.25, 0.3) is 0 Å². The van der Waals surface area contributed by atoms with Crippen LogP contribution in [0.4, 0.5) is 10.5 Å². The van der Waals surface area contributed by atoms with Crippen molar-refractivity contribution in [1.82, 2.24) is 14.9 Å². The molecular formula is C19H19ClN4O2. The van der Waals surface area contributed by atoms with Crippen LogP contribution in [-0.4, -0.2) is 22.7 Å². The maximum Gasteiger partial charge on any atom is 0.320 e. The van der Waals surface area contributed by atoms with E-state index in [1.807, 2.05) is 42.1 Å². The van der Waals surface area contributed by atoms with Gasteiger partial charge in [0.2, 0.25) is 0 Å². The molecule has 0 bridgehead atoms. The first-order valence-electron chi connectivity index (χ1n) is 8.01. The van der Waals surface area contributed by atoms with E-state index in [0.717, 1.165) is 5.56 Å². The van der Waals surface area contributed by atoms with Crippen LogP contribution in [0.15, 0.2) is 60.9 Å². The normalized spacial score (nSPS) is 11.7. The first-order valence-corrected chi connectivity index (χ1v) is 8.39. The van der Waals surface area contributed by atoms with Gasteiger partial charge in [-0.05, 0) is 29.8 Å². The molecule has 134 valence electrons. The molecule has 0 aliphatic rings. The Morgan fingerprint density at radius 1 is 1.19 bits per heavy atom. The van der Waals surface area contributed by atoms with Gasteiger partial charge in [0.05, 0.1) is 12.8 Å². The number of rotatable bonds is 5. The number of nitrogens with one attached hydrogen (secondary N) is 2. The van der Waals surface area contributed by atoms with E-state index in [-0.39, 0.29) is 6.03 Å². The molecule has 0 spiro atoms. The molecule has 1 aromatic heterocycles. The fraction of sp³-hybridized carbons (Fsp3) is 0.158. The summed E-state index contributed by atoms with van der Waals surface area (Å²) in [4.78, 5) is 17.0. The van der Waals surface area contributed by atoms with Gasteiger partial charge in [0.15, 0.2) is 0 Å². The van der Waals surface area contributed by atoms with Gasteiger partial charge in [0.1, 0.15) is 17.6 Å². The number of nitrogens with zero attached hydrogens (tertiary/aromatic N) is 2. The molecule has 2 amide bonds. The predicted octanol–water partition coefficient (Wildman–Crippen LogP) is 3.99. The van der Waals surface area contributed by atoms with Crippen LogP contribution in [0, 0.1) is 0 Å². The van der Waals surface area contributed by atoms with Gasteiger partial charge >= 0.3 is 6.03 Å². The number of carbonyl (C=O) groups is 1. The van der Waals surface area contributed by atoms with Gasteiger partial charge in [-0.25, -0.2) is 9.78 Å². The largest absolute Gasteiger partial charge is 0.495 e. The minimum atomic E-state index is -0.429. The zero-order chi connectivity index (χ0) is 18.5. The highest BCUT2D eigenvalue weighted by molar-refractivity contribution is 6.30. The quantitative estimate of drug-likeness (QED) is 0.713. The van der Waals surface area contributed by atoms with Gasteiger partial charge in [-0.3, -0.25) is 0 Å². The van der Waals surface area contributed by atoms with E-state index < -0.39 is 6.04 Å². The maximum atomic E-state index is 12.6. The van der Waals surface area contributed by atoms with Gasteiger partial charge in [0, 0.05) is 24.5 Å². The van der Waals surface area contributed by atoms with Crippen LogP contribution in [0.5, 0.6) is 5.75 Å². The third kappa shape index (κ3) is 3.97. The van der Waals surface area contributed by atoms with E-state index in [2.05, 4.69) is 15.6 Å². The lowest BCUT2D eigenvalue weighted by atomic mass is 10.1. The van der Waals surface area contributed by atoms with E-state index in [1.54, 1.807) is 37.6 Å². The molecule has 6 nitrogen and oxygen atoms in total. The molecule has 0 aliphatic carbocycles. The first-order chi connectivity index (χ1) is 12.6. The number of amides is 2. The second kappa shape index (κ2) is 7.93. The van der Waals surface area contributed by atoms with Crippen LogP contribution in [-0.2, 0) is 7.05 Å². The minimum absolute atomic E-state index is 0.363. The van der Waals surface area contributed by atoms with Gasteiger partial charge in [-0.1, -0.05) is 35.9 Å². The Bertz CT molecular complexity index is 893. The van der Waals surface area contributed by atoms with Crippen molar-refractivity contribution < 1.29 is 9.53 Å². The predicted molar refractivity (Wildman–Crippen MR) is 102 cm³/mol. The average Bonchev–Trinajstić information content (AvgIpc) is 3.07. The van der Waals surface area contributed by atoms with Gasteiger partial charge in [-0.15, -0.1) is 0 Å². The van der Waals surface area contributed by atoms with Crippen LogP contribution < -0.4 is 15.4 Å². The Hall–Kier alpha value is -2.99. The summed E-state index contributed by atoms with van der Waals surface area (Å²) < 4.78 is 7.13. The fourth-order valence-electron chi connectivity index (χ4n) is 2.64. The average molecular weight is 371 g/mol. The molecule has 26 heavy (non-hydrogen) atoms. The SMILES string of the molecule is COc1ccccc1NC(=O)N[C@@H](c1ccc(Cl)cc1)c1nccn1C. The Morgan fingerprint density at radius 3 is 2.58 bits per heavy atom. The van der Waals surface area contributed by atoms with E-state index in [1.165, 1.54) is 0 Å². The molecule has 0 saturated carbocycles. The lowest BCUT2D eigenvalue weighted by Gasteiger charge is -2.20. The van der Waals surface area contributed by atoms with E-state index in [9.17, 15) is 4.79 Å². The highest BCUT2D eigenvalue weighted by Crippen LogP contribution is 2.25. The summed E-state index contributed by atoms with van der Waals surface area (Å²) >= 11 is 5.98. The standard InChI is InChI=1S/C19H19ClN4O2/c1-24-12-11-21-18(24)17(13-7-9-14(20)10-8-13)23-19(25)22-15-5-3-4-6-16(15)26-2/h3-12,17H,1-2H3,(H2,22,23,25)/t17-/m0/s1. The van der Waals surface area contributed by atoms with Crippen LogP contribution in [0.25, 0.3) is 0 Å². The molecule has 0 unspecified atom stereocenters. The van der Waals surface area contributed by atoms with Crippen molar-refractivity contribution in [2.24, 2.45) is 7.05 Å². The number of methoxy groups -OCH3 is 1. The van der Waals surface area contributed by atoms with Crippen LogP contribution in [0.3, 0.4) is 0 Å². The third-order valence-electron chi connectivity index (χ3n) is 3.95. The molecule has 0 saturated heterocycles. The van der Waals surface area contributed by atoms with Crippen LogP contribution in [0.2, 0.25) is 5.02 Å². The number of imidazole rings is 1. The summed E-state index contributed by atoms with van der Waals surface area (Å²) in [6.07, 6.45) is 3.52. The maximum absolute atomic E-state index is 12.6. The van der Waals surface area contributed by atoms with Crippen LogP contribution in [0.1, 0.15) is 17.4 Å². The highest BCUT2D eigenvalue weighted by atomic mass is 35.5. The summed E-state index contributed by atoms with van der Waals surface area (Å²) in [5.74, 6) is 1.30. The Labute approximate surface area is 156 Å². The molecule has 2 N–H and O–H groups in total. The molecule has 0 radical (unpaired) electrons. The molecule has 2 aromatic carbocycles. The molecule has 7 heteroatoms. The number of benzene rings is 2. The molecule has 0 aliphatic heterocycles. The van der Waals surface area contributed by atoms with Crippen molar-refractivity contribution in [3.8, 4) is 5.75 Å². The van der Waals surface area contributed by atoms with Gasteiger partial charge in [-0.2, -0.15) is 0 Å². The zero-order valence-corrected chi connectivity index (χ0v) is 15.2. The Morgan fingerprint density at radius 2 is 1.92 bits per heavy atom. The Kier molecular flexibility index (Phi) is 5.43. The number of urea groups is 1. The monoisotopic (exact) mass is 370 g/mol.